The lowest BCUT2D eigenvalue weighted by molar-refractivity contribution is -0.121. The Morgan fingerprint density at radius 1 is 1.12 bits per heavy atom. The highest BCUT2D eigenvalue weighted by atomic mass is 32.1. The van der Waals surface area contributed by atoms with E-state index in [0.29, 0.717) is 19.4 Å². The van der Waals surface area contributed by atoms with E-state index in [9.17, 15) is 9.18 Å². The highest BCUT2D eigenvalue weighted by molar-refractivity contribution is 7.10. The summed E-state index contributed by atoms with van der Waals surface area (Å²) in [5.41, 5.74) is 1.01. The molecule has 0 saturated carbocycles. The van der Waals surface area contributed by atoms with Crippen LogP contribution in [0.4, 0.5) is 4.39 Å². The fraction of sp³-hybridized carbons (Fsp3) is 0.211. The molecule has 0 saturated heterocycles. The molecule has 0 fully saturated rings. The van der Waals surface area contributed by atoms with E-state index in [2.05, 4.69) is 16.0 Å². The second kappa shape index (κ2) is 7.93. The fourth-order valence-corrected chi connectivity index (χ4v) is 3.47. The molecule has 1 amide bonds. The van der Waals surface area contributed by atoms with Crippen LogP contribution in [0.25, 0.3) is 0 Å². The number of thiophene rings is 1. The van der Waals surface area contributed by atoms with Crippen LogP contribution in [0.1, 0.15) is 22.9 Å². The Hall–Kier alpha value is -2.40. The number of carbonyl (C=O) groups excluding carboxylic acids is 1. The average Bonchev–Trinajstić information content (AvgIpc) is 3.28. The molecule has 3 rings (SSSR count). The van der Waals surface area contributed by atoms with E-state index in [-0.39, 0.29) is 17.8 Å². The molecule has 0 bridgehead atoms. The third-order valence-electron chi connectivity index (χ3n) is 3.89. The Morgan fingerprint density at radius 3 is 2.54 bits per heavy atom. The minimum atomic E-state index is -0.242. The second-order valence-corrected chi connectivity index (χ2v) is 6.57. The van der Waals surface area contributed by atoms with Crippen LogP contribution < -0.4 is 5.32 Å². The molecule has 3 nitrogen and oxygen atoms in total. The Kier molecular flexibility index (Phi) is 5.43. The summed E-state index contributed by atoms with van der Waals surface area (Å²) in [6.07, 6.45) is 5.06. The van der Waals surface area contributed by atoms with Crippen molar-refractivity contribution in [3.8, 4) is 0 Å². The van der Waals surface area contributed by atoms with Gasteiger partial charge in [0.05, 0.1) is 12.5 Å². The van der Waals surface area contributed by atoms with Crippen LogP contribution in [0.15, 0.2) is 66.3 Å². The molecule has 0 aliphatic carbocycles. The van der Waals surface area contributed by atoms with Gasteiger partial charge in [0.1, 0.15) is 5.82 Å². The van der Waals surface area contributed by atoms with Crippen LogP contribution in [0.5, 0.6) is 0 Å². The Balaban J connectivity index is 1.55. The molecule has 2 aromatic heterocycles. The molecule has 1 unspecified atom stereocenters. The maximum absolute atomic E-state index is 12.9. The summed E-state index contributed by atoms with van der Waals surface area (Å²) >= 11 is 1.66. The highest BCUT2D eigenvalue weighted by Gasteiger charge is 2.17. The van der Waals surface area contributed by atoms with Crippen molar-refractivity contribution in [3.05, 3.63) is 82.6 Å². The van der Waals surface area contributed by atoms with Gasteiger partial charge in [-0.05, 0) is 47.7 Å². The molecule has 3 aromatic rings. The molecule has 1 aromatic carbocycles. The number of aromatic nitrogens is 1. The number of hydrogen-bond donors (Lipinski definition) is 1. The van der Waals surface area contributed by atoms with Crippen LogP contribution in [0.3, 0.4) is 0 Å². The zero-order chi connectivity index (χ0) is 16.8. The van der Waals surface area contributed by atoms with Gasteiger partial charge in [0.15, 0.2) is 0 Å². The van der Waals surface area contributed by atoms with Crippen molar-refractivity contribution >= 4 is 17.2 Å². The molecule has 1 atom stereocenters. The van der Waals surface area contributed by atoms with Gasteiger partial charge in [-0.3, -0.25) is 4.79 Å². The van der Waals surface area contributed by atoms with Crippen LogP contribution in [0, 0.1) is 5.82 Å². The van der Waals surface area contributed by atoms with Crippen molar-refractivity contribution in [1.29, 1.82) is 0 Å². The summed E-state index contributed by atoms with van der Waals surface area (Å²) in [6, 6.07) is 14.4. The first-order valence-electron chi connectivity index (χ1n) is 7.89. The van der Waals surface area contributed by atoms with E-state index in [1.54, 1.807) is 23.5 Å². The lowest BCUT2D eigenvalue weighted by Crippen LogP contribution is -2.28. The van der Waals surface area contributed by atoms with Crippen molar-refractivity contribution < 1.29 is 9.18 Å². The topological polar surface area (TPSA) is 34.0 Å². The maximum Gasteiger partial charge on any atom is 0.222 e. The monoisotopic (exact) mass is 342 g/mol. The molecule has 2 heterocycles. The molecule has 124 valence electrons. The zero-order valence-electron chi connectivity index (χ0n) is 13.2. The first-order chi connectivity index (χ1) is 11.7. The van der Waals surface area contributed by atoms with E-state index < -0.39 is 0 Å². The summed E-state index contributed by atoms with van der Waals surface area (Å²) in [5.74, 6) is -0.225. The first-order valence-corrected chi connectivity index (χ1v) is 8.77. The van der Waals surface area contributed by atoms with Gasteiger partial charge < -0.3 is 9.88 Å². The van der Waals surface area contributed by atoms with Crippen LogP contribution >= 0.6 is 11.3 Å². The van der Waals surface area contributed by atoms with Crippen molar-refractivity contribution in [2.45, 2.75) is 18.9 Å². The minimum absolute atomic E-state index is 0.0178. The van der Waals surface area contributed by atoms with E-state index in [0.717, 1.165) is 5.56 Å². The molecular weight excluding hydrogens is 323 g/mol. The normalized spacial score (nSPS) is 12.0. The van der Waals surface area contributed by atoms with Gasteiger partial charge in [0, 0.05) is 23.8 Å². The van der Waals surface area contributed by atoms with Crippen molar-refractivity contribution in [2.75, 3.05) is 6.54 Å². The van der Waals surface area contributed by atoms with E-state index >= 15 is 0 Å². The third kappa shape index (κ3) is 4.32. The number of amides is 1. The lowest BCUT2D eigenvalue weighted by Gasteiger charge is -2.17. The van der Waals surface area contributed by atoms with Gasteiger partial charge in [-0.15, -0.1) is 11.3 Å². The minimum Gasteiger partial charge on any atom is -0.356 e. The molecule has 1 N–H and O–H groups in total. The molecule has 5 heteroatoms. The lowest BCUT2D eigenvalue weighted by atomic mass is 10.1. The SMILES string of the molecule is O=C(CC(c1cccs1)n1cccc1)NCCc1ccc(F)cc1. The quantitative estimate of drug-likeness (QED) is 0.691. The molecule has 0 aliphatic heterocycles. The predicted octanol–water partition coefficient (Wildman–Crippen LogP) is 4.03. The number of nitrogens with one attached hydrogen (secondary N) is 1. The number of halogens is 1. The van der Waals surface area contributed by atoms with Crippen LogP contribution in [0.2, 0.25) is 0 Å². The van der Waals surface area contributed by atoms with E-state index in [1.165, 1.54) is 17.0 Å². The second-order valence-electron chi connectivity index (χ2n) is 5.59. The number of hydrogen-bond acceptors (Lipinski definition) is 2. The fourth-order valence-electron chi connectivity index (χ4n) is 2.63. The van der Waals surface area contributed by atoms with Crippen LogP contribution in [-0.2, 0) is 11.2 Å². The highest BCUT2D eigenvalue weighted by Crippen LogP contribution is 2.26. The summed E-state index contributed by atoms with van der Waals surface area (Å²) in [7, 11) is 0. The van der Waals surface area contributed by atoms with Gasteiger partial charge in [-0.2, -0.15) is 0 Å². The van der Waals surface area contributed by atoms with Crippen LogP contribution in [-0.4, -0.2) is 17.0 Å². The number of rotatable bonds is 7. The molecule has 24 heavy (non-hydrogen) atoms. The van der Waals surface area contributed by atoms with Crippen molar-refractivity contribution in [3.63, 3.8) is 0 Å². The summed E-state index contributed by atoms with van der Waals surface area (Å²) in [4.78, 5) is 13.5. The Morgan fingerprint density at radius 2 is 1.88 bits per heavy atom. The number of carbonyl (C=O) groups is 1. The number of nitrogens with zero attached hydrogens (tertiary/aromatic N) is 1. The standard InChI is InChI=1S/C19H19FN2OS/c20-16-7-5-15(6-8-16)9-10-21-19(23)14-17(18-4-3-13-24-18)22-11-1-2-12-22/h1-8,11-13,17H,9-10,14H2,(H,21,23). The molecule has 0 radical (unpaired) electrons. The van der Waals surface area contributed by atoms with Gasteiger partial charge >= 0.3 is 0 Å². The third-order valence-corrected chi connectivity index (χ3v) is 4.86. The Labute approximate surface area is 144 Å². The van der Waals surface area contributed by atoms with Crippen molar-refractivity contribution in [2.24, 2.45) is 0 Å². The molecule has 0 aliphatic rings. The summed E-state index contributed by atoms with van der Waals surface area (Å²) < 4.78 is 14.9. The van der Waals surface area contributed by atoms with Gasteiger partial charge in [0.25, 0.3) is 0 Å². The predicted molar refractivity (Wildman–Crippen MR) is 94.6 cm³/mol. The van der Waals surface area contributed by atoms with Crippen molar-refractivity contribution in [1.82, 2.24) is 9.88 Å². The molecule has 0 spiro atoms. The van der Waals surface area contributed by atoms with E-state index in [1.807, 2.05) is 36.0 Å². The summed E-state index contributed by atoms with van der Waals surface area (Å²) in [6.45, 7) is 0.549. The maximum atomic E-state index is 12.9. The first kappa shape index (κ1) is 16.5. The zero-order valence-corrected chi connectivity index (χ0v) is 14.0. The number of benzene rings is 1. The van der Waals surface area contributed by atoms with Gasteiger partial charge in [0.2, 0.25) is 5.91 Å². The van der Waals surface area contributed by atoms with E-state index in [4.69, 9.17) is 0 Å². The van der Waals surface area contributed by atoms with Gasteiger partial charge in [-0.25, -0.2) is 4.39 Å². The van der Waals surface area contributed by atoms with Gasteiger partial charge in [-0.1, -0.05) is 18.2 Å². The average molecular weight is 342 g/mol. The Bertz CT molecular complexity index is 717. The largest absolute Gasteiger partial charge is 0.356 e. The molecular formula is C19H19FN2OS. The smallest absolute Gasteiger partial charge is 0.222 e. The summed E-state index contributed by atoms with van der Waals surface area (Å²) in [5, 5.41) is 4.98.